The molecule has 2 amide bonds. The van der Waals surface area contributed by atoms with Gasteiger partial charge in [0.2, 0.25) is 0 Å². The predicted octanol–water partition coefficient (Wildman–Crippen LogP) is -0.234. The van der Waals surface area contributed by atoms with Gasteiger partial charge in [0.15, 0.2) is 0 Å². The number of nitrogens with one attached hydrogen (secondary N) is 1. The van der Waals surface area contributed by atoms with Gasteiger partial charge in [-0.1, -0.05) is 0 Å². The third kappa shape index (κ3) is 2.85. The molecule has 5 nitrogen and oxygen atoms in total. The Morgan fingerprint density at radius 1 is 1.71 bits per heavy atom. The number of rotatable bonds is 5. The summed E-state index contributed by atoms with van der Waals surface area (Å²) in [6.45, 7) is 2.82. The second kappa shape index (κ2) is 5.82. The van der Waals surface area contributed by atoms with Crippen molar-refractivity contribution >= 4 is 6.03 Å². The van der Waals surface area contributed by atoms with Crippen LogP contribution in [-0.2, 0) is 4.74 Å². The molecule has 0 bridgehead atoms. The first kappa shape index (κ1) is 11.3. The number of carbonyl (C=O) groups excluding carboxylic acids is 1. The summed E-state index contributed by atoms with van der Waals surface area (Å²) in [5, 5.41) is 2.61. The lowest BCUT2D eigenvalue weighted by molar-refractivity contribution is 0.0281. The molecule has 0 aromatic carbocycles. The maximum Gasteiger partial charge on any atom is 0.317 e. The second-order valence-corrected chi connectivity index (χ2v) is 3.41. The lowest BCUT2D eigenvalue weighted by Gasteiger charge is -2.40. The Morgan fingerprint density at radius 2 is 2.50 bits per heavy atom. The lowest BCUT2D eigenvalue weighted by Crippen LogP contribution is -2.56. The topological polar surface area (TPSA) is 67.6 Å². The van der Waals surface area contributed by atoms with E-state index in [1.165, 1.54) is 0 Å². The Morgan fingerprint density at radius 3 is 3.00 bits per heavy atom. The zero-order valence-electron chi connectivity index (χ0n) is 8.66. The van der Waals surface area contributed by atoms with Gasteiger partial charge in [0.05, 0.1) is 12.6 Å². The van der Waals surface area contributed by atoms with Crippen LogP contribution in [0.3, 0.4) is 0 Å². The Bertz CT molecular complexity index is 187. The van der Waals surface area contributed by atoms with Gasteiger partial charge in [-0.2, -0.15) is 0 Å². The van der Waals surface area contributed by atoms with E-state index >= 15 is 0 Å². The minimum atomic E-state index is -0.0105. The molecule has 5 heteroatoms. The highest BCUT2D eigenvalue weighted by molar-refractivity contribution is 5.75. The SMILES string of the molecule is CNC(=O)N1CCC1COCCCN. The van der Waals surface area contributed by atoms with E-state index < -0.39 is 0 Å². The van der Waals surface area contributed by atoms with E-state index in [1.807, 2.05) is 0 Å². The van der Waals surface area contributed by atoms with Gasteiger partial charge >= 0.3 is 6.03 Å². The molecule has 1 atom stereocenters. The molecule has 1 fully saturated rings. The number of hydrogen-bond donors (Lipinski definition) is 2. The largest absolute Gasteiger partial charge is 0.379 e. The molecule has 0 radical (unpaired) electrons. The Balaban J connectivity index is 2.10. The van der Waals surface area contributed by atoms with Crippen LogP contribution in [0.4, 0.5) is 4.79 Å². The average molecular weight is 201 g/mol. The molecule has 0 aromatic heterocycles. The van der Waals surface area contributed by atoms with Gasteiger partial charge in [-0.3, -0.25) is 0 Å². The molecule has 1 unspecified atom stereocenters. The molecule has 0 saturated carbocycles. The average Bonchev–Trinajstić information content (AvgIpc) is 2.15. The van der Waals surface area contributed by atoms with Gasteiger partial charge in [0.25, 0.3) is 0 Å². The van der Waals surface area contributed by atoms with Crippen LogP contribution in [0.2, 0.25) is 0 Å². The van der Waals surface area contributed by atoms with Crippen molar-refractivity contribution in [2.75, 3.05) is 33.4 Å². The quantitative estimate of drug-likeness (QED) is 0.603. The fourth-order valence-electron chi connectivity index (χ4n) is 1.43. The number of urea groups is 1. The van der Waals surface area contributed by atoms with Crippen molar-refractivity contribution in [3.8, 4) is 0 Å². The van der Waals surface area contributed by atoms with Crippen LogP contribution in [0.1, 0.15) is 12.8 Å². The monoisotopic (exact) mass is 201 g/mol. The number of nitrogens with zero attached hydrogens (tertiary/aromatic N) is 1. The fourth-order valence-corrected chi connectivity index (χ4v) is 1.43. The third-order valence-electron chi connectivity index (χ3n) is 2.42. The van der Waals surface area contributed by atoms with Gasteiger partial charge in [-0.05, 0) is 19.4 Å². The van der Waals surface area contributed by atoms with Crippen LogP contribution in [-0.4, -0.2) is 50.3 Å². The van der Waals surface area contributed by atoms with E-state index in [-0.39, 0.29) is 12.1 Å². The zero-order valence-corrected chi connectivity index (χ0v) is 8.66. The van der Waals surface area contributed by atoms with E-state index in [2.05, 4.69) is 5.32 Å². The number of hydrogen-bond acceptors (Lipinski definition) is 3. The third-order valence-corrected chi connectivity index (χ3v) is 2.42. The van der Waals surface area contributed by atoms with Gasteiger partial charge in [-0.15, -0.1) is 0 Å². The first-order chi connectivity index (χ1) is 6.79. The van der Waals surface area contributed by atoms with Crippen LogP contribution in [0.25, 0.3) is 0 Å². The summed E-state index contributed by atoms with van der Waals surface area (Å²) in [6.07, 6.45) is 1.92. The van der Waals surface area contributed by atoms with Crippen LogP contribution < -0.4 is 11.1 Å². The highest BCUT2D eigenvalue weighted by Gasteiger charge is 2.31. The summed E-state index contributed by atoms with van der Waals surface area (Å²) in [7, 11) is 1.65. The van der Waals surface area contributed by atoms with Gasteiger partial charge in [0, 0.05) is 20.2 Å². The zero-order chi connectivity index (χ0) is 10.4. The number of amides is 2. The van der Waals surface area contributed by atoms with Crippen molar-refractivity contribution in [2.45, 2.75) is 18.9 Å². The van der Waals surface area contributed by atoms with Crippen molar-refractivity contribution < 1.29 is 9.53 Å². The van der Waals surface area contributed by atoms with E-state index in [4.69, 9.17) is 10.5 Å². The molecule has 0 aliphatic carbocycles. The molecule has 82 valence electrons. The first-order valence-electron chi connectivity index (χ1n) is 5.05. The normalized spacial score (nSPS) is 20.4. The van der Waals surface area contributed by atoms with Crippen molar-refractivity contribution in [3.63, 3.8) is 0 Å². The molecule has 1 rings (SSSR count). The molecule has 14 heavy (non-hydrogen) atoms. The smallest absolute Gasteiger partial charge is 0.317 e. The van der Waals surface area contributed by atoms with Crippen LogP contribution in [0, 0.1) is 0 Å². The van der Waals surface area contributed by atoms with Crippen LogP contribution >= 0.6 is 0 Å². The van der Waals surface area contributed by atoms with E-state index in [9.17, 15) is 4.79 Å². The number of carbonyl (C=O) groups is 1. The van der Waals surface area contributed by atoms with E-state index in [1.54, 1.807) is 11.9 Å². The molecular formula is C9H19N3O2. The lowest BCUT2D eigenvalue weighted by atomic mass is 10.1. The van der Waals surface area contributed by atoms with Gasteiger partial charge < -0.3 is 20.7 Å². The van der Waals surface area contributed by atoms with Crippen molar-refractivity contribution in [1.29, 1.82) is 0 Å². The molecule has 3 N–H and O–H groups in total. The van der Waals surface area contributed by atoms with Gasteiger partial charge in [-0.25, -0.2) is 4.79 Å². The molecular weight excluding hydrogens is 182 g/mol. The highest BCUT2D eigenvalue weighted by atomic mass is 16.5. The predicted molar refractivity (Wildman–Crippen MR) is 54.1 cm³/mol. The summed E-state index contributed by atoms with van der Waals surface area (Å²) in [6, 6.07) is 0.247. The van der Waals surface area contributed by atoms with Gasteiger partial charge in [0.1, 0.15) is 0 Å². The van der Waals surface area contributed by atoms with E-state index in [0.717, 1.165) is 19.4 Å². The molecule has 1 aliphatic rings. The maximum atomic E-state index is 11.2. The molecule has 1 heterocycles. The summed E-state index contributed by atoms with van der Waals surface area (Å²) >= 11 is 0. The summed E-state index contributed by atoms with van der Waals surface area (Å²) in [4.78, 5) is 13.0. The van der Waals surface area contributed by atoms with Crippen molar-refractivity contribution in [3.05, 3.63) is 0 Å². The van der Waals surface area contributed by atoms with Crippen LogP contribution in [0.5, 0.6) is 0 Å². The fraction of sp³-hybridized carbons (Fsp3) is 0.889. The summed E-state index contributed by atoms with van der Waals surface area (Å²) in [5.74, 6) is 0. The molecule has 0 aromatic rings. The standard InChI is InChI=1S/C9H19N3O2/c1-11-9(13)12-5-3-8(12)7-14-6-2-4-10/h8H,2-7,10H2,1H3,(H,11,13). The molecule has 1 saturated heterocycles. The summed E-state index contributed by atoms with van der Waals surface area (Å²) in [5.41, 5.74) is 5.33. The minimum absolute atomic E-state index is 0.0105. The maximum absolute atomic E-state index is 11.2. The Hall–Kier alpha value is -0.810. The number of likely N-dealkylation sites (tertiary alicyclic amines) is 1. The molecule has 0 spiro atoms. The Labute approximate surface area is 84.6 Å². The first-order valence-corrected chi connectivity index (χ1v) is 5.05. The van der Waals surface area contributed by atoms with E-state index in [0.29, 0.717) is 19.8 Å². The van der Waals surface area contributed by atoms with Crippen molar-refractivity contribution in [2.24, 2.45) is 5.73 Å². The van der Waals surface area contributed by atoms with Crippen LogP contribution in [0.15, 0.2) is 0 Å². The minimum Gasteiger partial charge on any atom is -0.379 e. The number of ether oxygens (including phenoxy) is 1. The van der Waals surface area contributed by atoms with Crippen molar-refractivity contribution in [1.82, 2.24) is 10.2 Å². The number of nitrogens with two attached hydrogens (primary N) is 1. The Kier molecular flexibility index (Phi) is 4.69. The second-order valence-electron chi connectivity index (χ2n) is 3.41. The highest BCUT2D eigenvalue weighted by Crippen LogP contribution is 2.17. The summed E-state index contributed by atoms with van der Waals surface area (Å²) < 4.78 is 5.40. The molecule has 1 aliphatic heterocycles.